The van der Waals surface area contributed by atoms with Crippen molar-refractivity contribution in [3.63, 3.8) is 0 Å². The predicted molar refractivity (Wildman–Crippen MR) is 174 cm³/mol. The number of aliphatic hydroxyl groups is 1. The molecule has 2 aromatic carbocycles. The van der Waals surface area contributed by atoms with Gasteiger partial charge in [0.25, 0.3) is 5.91 Å². The molecule has 0 bridgehead atoms. The highest BCUT2D eigenvalue weighted by molar-refractivity contribution is 7.76. The van der Waals surface area contributed by atoms with Crippen LogP contribution < -0.4 is 9.64 Å². The van der Waals surface area contributed by atoms with E-state index < -0.39 is 22.6 Å². The van der Waals surface area contributed by atoms with Gasteiger partial charge < -0.3 is 14.7 Å². The van der Waals surface area contributed by atoms with Crippen molar-refractivity contribution < 1.29 is 18.8 Å². The van der Waals surface area contributed by atoms with E-state index in [0.29, 0.717) is 37.4 Å². The lowest BCUT2D eigenvalue weighted by Gasteiger charge is -2.42. The fourth-order valence-electron chi connectivity index (χ4n) is 6.23. The third kappa shape index (κ3) is 6.95. The van der Waals surface area contributed by atoms with Crippen LogP contribution >= 0.6 is 11.6 Å². The first-order valence-electron chi connectivity index (χ1n) is 14.9. The van der Waals surface area contributed by atoms with Crippen LogP contribution in [-0.2, 0) is 22.4 Å². The van der Waals surface area contributed by atoms with Gasteiger partial charge in [0.05, 0.1) is 18.4 Å². The van der Waals surface area contributed by atoms with E-state index in [2.05, 4.69) is 41.5 Å². The predicted octanol–water partition coefficient (Wildman–Crippen LogP) is 7.04. The maximum absolute atomic E-state index is 13.3. The molecular formula is C34H45ClN2O4S. The first kappa shape index (κ1) is 32.3. The Labute approximate surface area is 258 Å². The summed E-state index contributed by atoms with van der Waals surface area (Å²) in [5.74, 6) is 0.409. The van der Waals surface area contributed by atoms with Crippen LogP contribution in [0.25, 0.3) is 0 Å². The lowest BCUT2D eigenvalue weighted by atomic mass is 9.70. The van der Waals surface area contributed by atoms with Crippen LogP contribution in [0, 0.1) is 17.8 Å². The lowest BCUT2D eigenvalue weighted by molar-refractivity contribution is 0.100. The normalized spacial score (nSPS) is 22.5. The van der Waals surface area contributed by atoms with Gasteiger partial charge in [0.15, 0.2) is 0 Å². The zero-order valence-electron chi connectivity index (χ0n) is 25.3. The van der Waals surface area contributed by atoms with E-state index in [1.54, 1.807) is 18.2 Å². The maximum Gasteiger partial charge on any atom is 0.284 e. The number of nitrogens with zero attached hydrogens (tertiary/aromatic N) is 2. The van der Waals surface area contributed by atoms with Crippen molar-refractivity contribution in [1.29, 1.82) is 0 Å². The largest absolute Gasteiger partial charge is 0.490 e. The summed E-state index contributed by atoms with van der Waals surface area (Å²) in [5.41, 5.74) is 3.45. The first-order valence-corrected chi connectivity index (χ1v) is 16.6. The molecule has 0 fully saturated rings. The molecule has 2 aliphatic rings. The fraction of sp³-hybridized carbons (Fsp3) is 0.500. The average molecular weight is 613 g/mol. The number of carbonyl (C=O) groups excluding carboxylic acids is 1. The Morgan fingerprint density at radius 2 is 1.95 bits per heavy atom. The molecule has 4 rings (SSSR count). The number of allylic oxidation sites excluding steroid dienone is 1. The number of rotatable bonds is 10. The number of hydrogen-bond donors (Lipinski definition) is 2. The van der Waals surface area contributed by atoms with Gasteiger partial charge in [0.2, 0.25) is 0 Å². The van der Waals surface area contributed by atoms with Crippen molar-refractivity contribution >= 4 is 33.8 Å². The number of benzene rings is 2. The lowest BCUT2D eigenvalue weighted by Crippen LogP contribution is -2.47. The Morgan fingerprint density at radius 3 is 2.67 bits per heavy atom. The van der Waals surface area contributed by atoms with Crippen LogP contribution in [0.2, 0.25) is 5.02 Å². The maximum atomic E-state index is 13.3. The number of hydrogen-bond acceptors (Lipinski definition) is 5. The molecule has 1 N–H and O–H groups in total. The molecule has 7 atom stereocenters. The number of halogens is 1. The summed E-state index contributed by atoms with van der Waals surface area (Å²) in [6.45, 7) is 17.4. The highest BCUT2D eigenvalue weighted by Gasteiger charge is 2.42. The molecule has 0 aromatic heterocycles. The van der Waals surface area contributed by atoms with E-state index in [4.69, 9.17) is 16.3 Å². The van der Waals surface area contributed by atoms with Crippen molar-refractivity contribution in [1.82, 2.24) is 0 Å². The van der Waals surface area contributed by atoms with E-state index in [-0.39, 0.29) is 28.4 Å². The summed E-state index contributed by atoms with van der Waals surface area (Å²) >= 11 is 6.38. The Hall–Kier alpha value is -2.61. The van der Waals surface area contributed by atoms with Gasteiger partial charge in [-0.1, -0.05) is 50.6 Å². The van der Waals surface area contributed by atoms with Crippen molar-refractivity contribution in [3.05, 3.63) is 83.4 Å². The molecule has 1 amide bonds. The topological polar surface area (TPSA) is 79.2 Å². The van der Waals surface area contributed by atoms with Crippen molar-refractivity contribution in [2.45, 2.75) is 70.1 Å². The summed E-state index contributed by atoms with van der Waals surface area (Å²) < 4.78 is 23.6. The minimum absolute atomic E-state index is 0.0219. The fourth-order valence-corrected chi connectivity index (χ4v) is 7.46. The van der Waals surface area contributed by atoms with E-state index in [1.807, 2.05) is 39.0 Å². The smallest absolute Gasteiger partial charge is 0.284 e. The number of fused-ring (bicyclic) bond motifs is 3. The monoisotopic (exact) mass is 612 g/mol. The SMILES string of the molecule is C=CC[C@H](C)[C@@H](C)/[SH](=O)=N\C(=O)c1ccc2c(c1)N(C[C@H](C)[C@@H](C)[C@@H](O)C=C)C[C@@]1(CCCc3cc(Cl)ccc31)CO2. The molecule has 0 radical (unpaired) electrons. The van der Waals surface area contributed by atoms with Gasteiger partial charge >= 0.3 is 0 Å². The molecule has 8 heteroatoms. The molecule has 2 aromatic rings. The highest BCUT2D eigenvalue weighted by atomic mass is 35.5. The number of carbonyl (C=O) groups is 1. The molecule has 0 saturated heterocycles. The number of thiol groups is 1. The Kier molecular flexibility index (Phi) is 10.6. The van der Waals surface area contributed by atoms with Crippen LogP contribution in [0.3, 0.4) is 0 Å². The van der Waals surface area contributed by atoms with Crippen LogP contribution in [0.5, 0.6) is 5.75 Å². The molecule has 0 saturated carbocycles. The summed E-state index contributed by atoms with van der Waals surface area (Å²) in [6.07, 6.45) is 6.45. The first-order chi connectivity index (χ1) is 20.0. The number of amides is 1. The highest BCUT2D eigenvalue weighted by Crippen LogP contribution is 2.45. The van der Waals surface area contributed by atoms with E-state index in [9.17, 15) is 14.1 Å². The molecule has 42 heavy (non-hydrogen) atoms. The minimum atomic E-state index is -2.08. The second-order valence-electron chi connectivity index (χ2n) is 12.3. The standard InChI is InChI=1S/C34H45ClN2O4S/c1-7-10-22(3)25(6)42(40)36-33(39)27-12-15-32-30(18-27)37(19-23(4)24(5)31(38)8-2)20-34(21-41-32)16-9-11-26-17-28(35)13-14-29(26)34/h7-8,12-15,17-18,22-25,31,38,42H,1-2,9-11,16,19-21H2,3-6H3/t22-,23-,24+,25+,31-,34-/m0/s1. The molecule has 1 spiro atoms. The molecule has 228 valence electrons. The van der Waals surface area contributed by atoms with E-state index >= 15 is 0 Å². The average Bonchev–Trinajstić information content (AvgIpc) is 3.12. The van der Waals surface area contributed by atoms with Crippen molar-refractivity contribution in [2.75, 3.05) is 24.6 Å². The quantitative estimate of drug-likeness (QED) is 0.222. The third-order valence-corrected chi connectivity index (χ3v) is 11.2. The molecular weight excluding hydrogens is 568 g/mol. The molecule has 6 nitrogen and oxygen atoms in total. The zero-order chi connectivity index (χ0) is 30.6. The number of ether oxygens (including phenoxy) is 1. The second kappa shape index (κ2) is 13.8. The Balaban J connectivity index is 1.73. The van der Waals surface area contributed by atoms with Gasteiger partial charge in [-0.2, -0.15) is 4.36 Å². The van der Waals surface area contributed by atoms with Crippen molar-refractivity contribution in [3.8, 4) is 5.75 Å². The van der Waals surface area contributed by atoms with Crippen LogP contribution in [0.1, 0.15) is 68.4 Å². The van der Waals surface area contributed by atoms with Crippen LogP contribution in [-0.4, -0.2) is 46.3 Å². The summed E-state index contributed by atoms with van der Waals surface area (Å²) in [5, 5.41) is 11.0. The number of aliphatic hydroxyl groups excluding tert-OH is 1. The summed E-state index contributed by atoms with van der Waals surface area (Å²) in [6, 6.07) is 11.5. The Bertz CT molecular complexity index is 1400. The zero-order valence-corrected chi connectivity index (χ0v) is 26.9. The van der Waals surface area contributed by atoms with Gasteiger partial charge in [0, 0.05) is 44.9 Å². The van der Waals surface area contributed by atoms with Crippen LogP contribution in [0.4, 0.5) is 5.69 Å². The second-order valence-corrected chi connectivity index (χ2v) is 14.4. The number of aryl methyl sites for hydroxylation is 1. The van der Waals surface area contributed by atoms with Gasteiger partial charge in [-0.05, 0) is 91.8 Å². The minimum Gasteiger partial charge on any atom is -0.490 e. The van der Waals surface area contributed by atoms with Gasteiger partial charge in [-0.25, -0.2) is 0 Å². The Morgan fingerprint density at radius 1 is 1.19 bits per heavy atom. The summed E-state index contributed by atoms with van der Waals surface area (Å²) in [4.78, 5) is 15.6. The van der Waals surface area contributed by atoms with Gasteiger partial charge in [-0.3, -0.25) is 9.00 Å². The van der Waals surface area contributed by atoms with Crippen molar-refractivity contribution in [2.24, 2.45) is 22.1 Å². The number of anilines is 1. The van der Waals surface area contributed by atoms with E-state index in [1.165, 1.54) is 11.1 Å². The molecule has 1 aliphatic carbocycles. The summed E-state index contributed by atoms with van der Waals surface area (Å²) in [7, 11) is -2.08. The molecule has 1 unspecified atom stereocenters. The molecule has 1 aliphatic heterocycles. The van der Waals surface area contributed by atoms with Crippen LogP contribution in [0.15, 0.2) is 66.1 Å². The molecule has 1 heterocycles. The van der Waals surface area contributed by atoms with E-state index in [0.717, 1.165) is 30.0 Å². The van der Waals surface area contributed by atoms with Gasteiger partial charge in [0.1, 0.15) is 5.75 Å². The van der Waals surface area contributed by atoms with Gasteiger partial charge in [-0.15, -0.1) is 13.2 Å². The third-order valence-electron chi connectivity index (χ3n) is 9.37.